The standard InChI is InChI=1S/C9H12N2O3/c1-5-2-6(4-11-8(5)12)3-7(10)9(13)14/h2,4,7H,3,10H2,1H3,(H,11,12)(H,13,14). The predicted octanol–water partition coefficient (Wildman–Crippen LogP) is -0.362. The summed E-state index contributed by atoms with van der Waals surface area (Å²) in [6, 6.07) is 0.710. The number of carbonyl (C=O) groups is 1. The van der Waals surface area contributed by atoms with E-state index in [0.29, 0.717) is 5.56 Å². The van der Waals surface area contributed by atoms with E-state index in [-0.39, 0.29) is 12.0 Å². The summed E-state index contributed by atoms with van der Waals surface area (Å²) in [5.41, 5.74) is 6.45. The molecule has 14 heavy (non-hydrogen) atoms. The van der Waals surface area contributed by atoms with Crippen molar-refractivity contribution >= 4 is 5.97 Å². The fourth-order valence-corrected chi connectivity index (χ4v) is 1.12. The maximum Gasteiger partial charge on any atom is 0.320 e. The fraction of sp³-hybridized carbons (Fsp3) is 0.333. The van der Waals surface area contributed by atoms with Gasteiger partial charge in [-0.15, -0.1) is 0 Å². The Bertz CT molecular complexity index is 397. The maximum absolute atomic E-state index is 11.0. The summed E-state index contributed by atoms with van der Waals surface area (Å²) in [5, 5.41) is 8.57. The van der Waals surface area contributed by atoms with Crippen molar-refractivity contribution < 1.29 is 9.90 Å². The number of aromatic nitrogens is 1. The summed E-state index contributed by atoms with van der Waals surface area (Å²) >= 11 is 0. The van der Waals surface area contributed by atoms with Gasteiger partial charge in [0.15, 0.2) is 0 Å². The number of aryl methyl sites for hydroxylation is 1. The third-order valence-corrected chi connectivity index (χ3v) is 1.92. The molecule has 0 aliphatic rings. The van der Waals surface area contributed by atoms with Crippen molar-refractivity contribution in [1.29, 1.82) is 0 Å². The lowest BCUT2D eigenvalue weighted by atomic mass is 10.1. The largest absolute Gasteiger partial charge is 0.480 e. The number of pyridine rings is 1. The van der Waals surface area contributed by atoms with Crippen molar-refractivity contribution in [3.8, 4) is 0 Å². The van der Waals surface area contributed by atoms with Gasteiger partial charge in [-0.2, -0.15) is 0 Å². The van der Waals surface area contributed by atoms with E-state index in [4.69, 9.17) is 10.8 Å². The van der Waals surface area contributed by atoms with Gasteiger partial charge in [0.05, 0.1) is 0 Å². The second-order valence-corrected chi connectivity index (χ2v) is 3.17. The van der Waals surface area contributed by atoms with Crippen LogP contribution in [0.1, 0.15) is 11.1 Å². The van der Waals surface area contributed by atoms with E-state index < -0.39 is 12.0 Å². The van der Waals surface area contributed by atoms with Crippen LogP contribution in [0.4, 0.5) is 0 Å². The van der Waals surface area contributed by atoms with E-state index in [0.717, 1.165) is 5.56 Å². The van der Waals surface area contributed by atoms with E-state index in [2.05, 4.69) is 4.98 Å². The van der Waals surface area contributed by atoms with Crippen molar-refractivity contribution in [2.24, 2.45) is 5.73 Å². The Morgan fingerprint density at radius 2 is 2.36 bits per heavy atom. The molecule has 0 fully saturated rings. The molecule has 1 atom stereocenters. The molecular weight excluding hydrogens is 184 g/mol. The van der Waals surface area contributed by atoms with E-state index in [1.54, 1.807) is 13.0 Å². The molecule has 1 rings (SSSR count). The van der Waals surface area contributed by atoms with Crippen molar-refractivity contribution in [3.63, 3.8) is 0 Å². The predicted molar refractivity (Wildman–Crippen MR) is 51.1 cm³/mol. The molecule has 0 aliphatic heterocycles. The monoisotopic (exact) mass is 196 g/mol. The number of nitrogens with one attached hydrogen (secondary N) is 1. The number of rotatable bonds is 3. The van der Waals surface area contributed by atoms with Crippen LogP contribution in [-0.2, 0) is 11.2 Å². The van der Waals surface area contributed by atoms with Gasteiger partial charge >= 0.3 is 5.97 Å². The Kier molecular flexibility index (Phi) is 3.03. The molecule has 1 heterocycles. The van der Waals surface area contributed by atoms with Gasteiger partial charge in [-0.1, -0.05) is 0 Å². The summed E-state index contributed by atoms with van der Waals surface area (Å²) in [5.74, 6) is -1.05. The lowest BCUT2D eigenvalue weighted by molar-refractivity contribution is -0.138. The van der Waals surface area contributed by atoms with Gasteiger partial charge in [0, 0.05) is 11.8 Å². The second kappa shape index (κ2) is 4.06. The van der Waals surface area contributed by atoms with Crippen LogP contribution in [0.3, 0.4) is 0 Å². The zero-order valence-electron chi connectivity index (χ0n) is 7.78. The Morgan fingerprint density at radius 1 is 1.71 bits per heavy atom. The number of carboxylic acids is 1. The third kappa shape index (κ3) is 2.43. The molecule has 0 aromatic carbocycles. The first-order chi connectivity index (χ1) is 6.50. The molecule has 0 amide bonds. The van der Waals surface area contributed by atoms with Gasteiger partial charge in [-0.05, 0) is 25.0 Å². The van der Waals surface area contributed by atoms with Crippen LogP contribution in [0.2, 0.25) is 0 Å². The lowest BCUT2D eigenvalue weighted by Crippen LogP contribution is -2.32. The quantitative estimate of drug-likeness (QED) is 0.615. The average molecular weight is 196 g/mol. The van der Waals surface area contributed by atoms with Crippen LogP contribution in [0.15, 0.2) is 17.1 Å². The molecule has 0 radical (unpaired) electrons. The molecule has 0 saturated carbocycles. The Labute approximate surface area is 80.6 Å². The normalized spacial score (nSPS) is 12.4. The first-order valence-corrected chi connectivity index (χ1v) is 4.17. The van der Waals surface area contributed by atoms with Crippen molar-refractivity contribution in [2.75, 3.05) is 0 Å². The highest BCUT2D eigenvalue weighted by Gasteiger charge is 2.12. The average Bonchev–Trinajstić information content (AvgIpc) is 2.11. The Balaban J connectivity index is 2.83. The zero-order valence-corrected chi connectivity index (χ0v) is 7.78. The molecule has 0 bridgehead atoms. The van der Waals surface area contributed by atoms with E-state index in [1.165, 1.54) is 6.20 Å². The maximum atomic E-state index is 11.0. The van der Waals surface area contributed by atoms with Gasteiger partial charge < -0.3 is 15.8 Å². The molecule has 4 N–H and O–H groups in total. The molecule has 76 valence electrons. The second-order valence-electron chi connectivity index (χ2n) is 3.17. The molecular formula is C9H12N2O3. The van der Waals surface area contributed by atoms with Crippen LogP contribution < -0.4 is 11.3 Å². The minimum Gasteiger partial charge on any atom is -0.480 e. The molecule has 5 heteroatoms. The summed E-state index contributed by atoms with van der Waals surface area (Å²) in [6.07, 6.45) is 1.70. The van der Waals surface area contributed by atoms with Crippen LogP contribution in [-0.4, -0.2) is 22.1 Å². The van der Waals surface area contributed by atoms with Crippen LogP contribution in [0, 0.1) is 6.92 Å². The summed E-state index contributed by atoms with van der Waals surface area (Å²) in [6.45, 7) is 1.66. The number of carboxylic acid groups (broad SMARTS) is 1. The van der Waals surface area contributed by atoms with Gasteiger partial charge in [0.2, 0.25) is 0 Å². The van der Waals surface area contributed by atoms with Crippen LogP contribution in [0.5, 0.6) is 0 Å². The van der Waals surface area contributed by atoms with Gasteiger partial charge in [-0.3, -0.25) is 9.59 Å². The molecule has 0 spiro atoms. The number of hydrogen-bond acceptors (Lipinski definition) is 3. The molecule has 1 aromatic heterocycles. The van der Waals surface area contributed by atoms with Crippen LogP contribution in [0.25, 0.3) is 0 Å². The minimum atomic E-state index is -1.05. The number of aromatic amines is 1. The zero-order chi connectivity index (χ0) is 10.7. The van der Waals surface area contributed by atoms with E-state index >= 15 is 0 Å². The summed E-state index contributed by atoms with van der Waals surface area (Å²) in [4.78, 5) is 24.0. The smallest absolute Gasteiger partial charge is 0.320 e. The highest BCUT2D eigenvalue weighted by Crippen LogP contribution is 2.01. The molecule has 1 unspecified atom stereocenters. The van der Waals surface area contributed by atoms with Gasteiger partial charge in [0.25, 0.3) is 5.56 Å². The summed E-state index contributed by atoms with van der Waals surface area (Å²) < 4.78 is 0. The van der Waals surface area contributed by atoms with Crippen molar-refractivity contribution in [1.82, 2.24) is 4.98 Å². The van der Waals surface area contributed by atoms with Crippen LogP contribution >= 0.6 is 0 Å². The van der Waals surface area contributed by atoms with E-state index in [9.17, 15) is 9.59 Å². The lowest BCUT2D eigenvalue weighted by Gasteiger charge is -2.06. The number of H-pyrrole nitrogens is 1. The molecule has 0 saturated heterocycles. The minimum absolute atomic E-state index is 0.169. The highest BCUT2D eigenvalue weighted by atomic mass is 16.4. The van der Waals surface area contributed by atoms with Crippen molar-refractivity contribution in [2.45, 2.75) is 19.4 Å². The molecule has 1 aromatic rings. The molecule has 5 nitrogen and oxygen atoms in total. The Hall–Kier alpha value is -1.62. The van der Waals surface area contributed by atoms with Crippen molar-refractivity contribution in [3.05, 3.63) is 33.7 Å². The first-order valence-electron chi connectivity index (χ1n) is 4.17. The SMILES string of the molecule is Cc1cc(CC(N)C(=O)O)c[nH]c1=O. The Morgan fingerprint density at radius 3 is 2.86 bits per heavy atom. The fourth-order valence-electron chi connectivity index (χ4n) is 1.12. The van der Waals surface area contributed by atoms with E-state index in [1.807, 2.05) is 0 Å². The molecule has 0 aliphatic carbocycles. The van der Waals surface area contributed by atoms with Gasteiger partial charge in [0.1, 0.15) is 6.04 Å². The first kappa shape index (κ1) is 10.5. The number of aliphatic carboxylic acids is 1. The summed E-state index contributed by atoms with van der Waals surface area (Å²) in [7, 11) is 0. The topological polar surface area (TPSA) is 96.2 Å². The highest BCUT2D eigenvalue weighted by molar-refractivity contribution is 5.73. The number of hydrogen-bond donors (Lipinski definition) is 3. The third-order valence-electron chi connectivity index (χ3n) is 1.92. The number of nitrogens with two attached hydrogens (primary N) is 1. The van der Waals surface area contributed by atoms with Gasteiger partial charge in [-0.25, -0.2) is 0 Å².